The van der Waals surface area contributed by atoms with Crippen molar-refractivity contribution in [1.29, 1.82) is 0 Å². The SMILES string of the molecule is CC[C@@]1(c2ccccc2)NC(=O)N(NC(=O)COC(=O)[C@H]2CCCO2)C1=O. The number of urea groups is 1. The third kappa shape index (κ3) is 3.63. The Bertz CT molecular complexity index is 747. The number of hydrazine groups is 1. The molecule has 1 aromatic carbocycles. The van der Waals surface area contributed by atoms with E-state index >= 15 is 0 Å². The van der Waals surface area contributed by atoms with Crippen LogP contribution in [0.4, 0.5) is 4.79 Å². The van der Waals surface area contributed by atoms with Crippen molar-refractivity contribution in [3.8, 4) is 0 Å². The first kappa shape index (κ1) is 18.8. The van der Waals surface area contributed by atoms with Gasteiger partial charge in [-0.05, 0) is 24.8 Å². The fourth-order valence-corrected chi connectivity index (χ4v) is 3.19. The summed E-state index contributed by atoms with van der Waals surface area (Å²) in [4.78, 5) is 48.9. The lowest BCUT2D eigenvalue weighted by Crippen LogP contribution is -2.49. The summed E-state index contributed by atoms with van der Waals surface area (Å²) < 4.78 is 10.1. The smallest absolute Gasteiger partial charge is 0.344 e. The molecular weight excluding hydrogens is 354 g/mol. The summed E-state index contributed by atoms with van der Waals surface area (Å²) in [5, 5.41) is 3.27. The third-order valence-electron chi connectivity index (χ3n) is 4.66. The van der Waals surface area contributed by atoms with E-state index < -0.39 is 42.1 Å². The molecule has 2 aliphatic rings. The van der Waals surface area contributed by atoms with Gasteiger partial charge < -0.3 is 14.8 Å². The van der Waals surface area contributed by atoms with Crippen LogP contribution in [0.3, 0.4) is 0 Å². The zero-order chi connectivity index (χ0) is 19.4. The van der Waals surface area contributed by atoms with E-state index in [0.717, 1.165) is 6.42 Å². The summed E-state index contributed by atoms with van der Waals surface area (Å²) in [5.74, 6) is -2.02. The average molecular weight is 375 g/mol. The first-order chi connectivity index (χ1) is 13.0. The normalized spacial score (nSPS) is 24.6. The van der Waals surface area contributed by atoms with Crippen LogP contribution in [0.5, 0.6) is 0 Å². The van der Waals surface area contributed by atoms with Gasteiger partial charge in [-0.1, -0.05) is 37.3 Å². The lowest BCUT2D eigenvalue weighted by molar-refractivity contribution is -0.158. The van der Waals surface area contributed by atoms with Crippen molar-refractivity contribution in [2.24, 2.45) is 0 Å². The Labute approximate surface area is 156 Å². The van der Waals surface area contributed by atoms with Crippen LogP contribution in [0.1, 0.15) is 31.7 Å². The van der Waals surface area contributed by atoms with E-state index in [1.165, 1.54) is 0 Å². The molecule has 0 aliphatic carbocycles. The van der Waals surface area contributed by atoms with Gasteiger partial charge in [0.05, 0.1) is 0 Å². The van der Waals surface area contributed by atoms with E-state index in [4.69, 9.17) is 9.47 Å². The van der Waals surface area contributed by atoms with Crippen LogP contribution in [0, 0.1) is 0 Å². The highest BCUT2D eigenvalue weighted by Crippen LogP contribution is 2.31. The lowest BCUT2D eigenvalue weighted by Gasteiger charge is -2.25. The molecule has 27 heavy (non-hydrogen) atoms. The van der Waals surface area contributed by atoms with Crippen LogP contribution in [0.25, 0.3) is 0 Å². The van der Waals surface area contributed by atoms with Gasteiger partial charge in [-0.3, -0.25) is 15.0 Å². The van der Waals surface area contributed by atoms with Crippen LogP contribution in [0.15, 0.2) is 30.3 Å². The van der Waals surface area contributed by atoms with Crippen LogP contribution >= 0.6 is 0 Å². The Hall–Kier alpha value is -2.94. The maximum atomic E-state index is 12.9. The van der Waals surface area contributed by atoms with Crippen LogP contribution in [-0.4, -0.2) is 48.1 Å². The largest absolute Gasteiger partial charge is 0.454 e. The Morgan fingerprint density at radius 3 is 2.70 bits per heavy atom. The second-order valence-electron chi connectivity index (χ2n) is 6.34. The predicted molar refractivity (Wildman–Crippen MR) is 91.9 cm³/mol. The van der Waals surface area contributed by atoms with Gasteiger partial charge in [0.25, 0.3) is 11.8 Å². The second kappa shape index (κ2) is 7.75. The van der Waals surface area contributed by atoms with Crippen molar-refractivity contribution >= 4 is 23.8 Å². The number of carbonyl (C=O) groups excluding carboxylic acids is 4. The number of nitrogens with zero attached hydrogens (tertiary/aromatic N) is 1. The maximum absolute atomic E-state index is 12.9. The van der Waals surface area contributed by atoms with Crippen molar-refractivity contribution < 1.29 is 28.7 Å². The fraction of sp³-hybridized carbons (Fsp3) is 0.444. The summed E-state index contributed by atoms with van der Waals surface area (Å²) in [7, 11) is 0. The average Bonchev–Trinajstić information content (AvgIpc) is 3.30. The van der Waals surface area contributed by atoms with E-state index in [0.29, 0.717) is 30.0 Å². The topological polar surface area (TPSA) is 114 Å². The molecule has 0 unspecified atom stereocenters. The molecule has 4 amide bonds. The molecule has 2 heterocycles. The monoisotopic (exact) mass is 375 g/mol. The number of ether oxygens (including phenoxy) is 2. The zero-order valence-electron chi connectivity index (χ0n) is 14.9. The second-order valence-corrected chi connectivity index (χ2v) is 6.34. The van der Waals surface area contributed by atoms with Crippen molar-refractivity contribution in [2.45, 2.75) is 37.8 Å². The van der Waals surface area contributed by atoms with E-state index in [1.54, 1.807) is 37.3 Å². The molecular formula is C18H21N3O6. The van der Waals surface area contributed by atoms with Crippen molar-refractivity contribution in [1.82, 2.24) is 15.8 Å². The Morgan fingerprint density at radius 2 is 2.07 bits per heavy atom. The molecule has 3 rings (SSSR count). The van der Waals surface area contributed by atoms with Crippen LogP contribution < -0.4 is 10.7 Å². The van der Waals surface area contributed by atoms with Gasteiger partial charge in [0.2, 0.25) is 0 Å². The van der Waals surface area contributed by atoms with E-state index in [-0.39, 0.29) is 0 Å². The summed E-state index contributed by atoms with van der Waals surface area (Å²) >= 11 is 0. The molecule has 2 fully saturated rings. The van der Waals surface area contributed by atoms with Gasteiger partial charge in [-0.25, -0.2) is 9.59 Å². The number of hydrogen-bond donors (Lipinski definition) is 2. The van der Waals surface area contributed by atoms with Crippen molar-refractivity contribution in [3.63, 3.8) is 0 Å². The number of imide groups is 1. The number of amides is 4. The minimum atomic E-state index is -1.25. The number of rotatable bonds is 6. The molecule has 9 nitrogen and oxygen atoms in total. The van der Waals surface area contributed by atoms with E-state index in [2.05, 4.69) is 10.7 Å². The molecule has 9 heteroatoms. The summed E-state index contributed by atoms with van der Waals surface area (Å²) in [6.07, 6.45) is 0.943. The minimum absolute atomic E-state index is 0.308. The molecule has 0 aromatic heterocycles. The molecule has 2 atom stereocenters. The number of benzene rings is 1. The Morgan fingerprint density at radius 1 is 1.33 bits per heavy atom. The molecule has 0 bridgehead atoms. The maximum Gasteiger partial charge on any atom is 0.344 e. The van der Waals surface area contributed by atoms with Gasteiger partial charge in [0.1, 0.15) is 5.54 Å². The number of esters is 1. The number of nitrogens with one attached hydrogen (secondary N) is 2. The van der Waals surface area contributed by atoms with Gasteiger partial charge in [0.15, 0.2) is 12.7 Å². The van der Waals surface area contributed by atoms with E-state index in [1.807, 2.05) is 0 Å². The molecule has 144 valence electrons. The quantitative estimate of drug-likeness (QED) is 0.556. The zero-order valence-corrected chi connectivity index (χ0v) is 14.9. The highest BCUT2D eigenvalue weighted by molar-refractivity contribution is 6.08. The molecule has 2 aliphatic heterocycles. The highest BCUT2D eigenvalue weighted by atomic mass is 16.6. The lowest BCUT2D eigenvalue weighted by atomic mass is 9.87. The molecule has 1 aromatic rings. The van der Waals surface area contributed by atoms with Gasteiger partial charge in [0, 0.05) is 6.61 Å². The molecule has 2 saturated heterocycles. The van der Waals surface area contributed by atoms with Crippen LogP contribution in [0.2, 0.25) is 0 Å². The molecule has 0 saturated carbocycles. The first-order valence-electron chi connectivity index (χ1n) is 8.78. The number of hydrogen-bond acceptors (Lipinski definition) is 6. The van der Waals surface area contributed by atoms with Gasteiger partial charge in [-0.15, -0.1) is 0 Å². The third-order valence-corrected chi connectivity index (χ3v) is 4.66. The van der Waals surface area contributed by atoms with Gasteiger partial charge >= 0.3 is 12.0 Å². The standard InChI is InChI=1S/C18H21N3O6/c1-2-18(12-7-4-3-5-8-12)16(24)21(17(25)19-18)20-14(22)11-27-15(23)13-9-6-10-26-13/h3-5,7-8,13H,2,6,9-11H2,1H3,(H,19,25)(H,20,22)/t13-,18+/m1/s1. The highest BCUT2D eigenvalue weighted by Gasteiger charge is 2.52. The summed E-state index contributed by atoms with van der Waals surface area (Å²) in [6, 6.07) is 8.04. The fourth-order valence-electron chi connectivity index (χ4n) is 3.19. The van der Waals surface area contributed by atoms with E-state index in [9.17, 15) is 19.2 Å². The Kier molecular flexibility index (Phi) is 5.41. The Balaban J connectivity index is 1.63. The molecule has 2 N–H and O–H groups in total. The molecule has 0 spiro atoms. The first-order valence-corrected chi connectivity index (χ1v) is 8.78. The van der Waals surface area contributed by atoms with Crippen molar-refractivity contribution in [2.75, 3.05) is 13.2 Å². The van der Waals surface area contributed by atoms with Crippen molar-refractivity contribution in [3.05, 3.63) is 35.9 Å². The predicted octanol–water partition coefficient (Wildman–Crippen LogP) is 0.597. The van der Waals surface area contributed by atoms with Gasteiger partial charge in [-0.2, -0.15) is 5.01 Å². The van der Waals surface area contributed by atoms with Crippen LogP contribution in [-0.2, 0) is 29.4 Å². The summed E-state index contributed by atoms with van der Waals surface area (Å²) in [6.45, 7) is 1.63. The number of carbonyl (C=O) groups is 4. The molecule has 0 radical (unpaired) electrons. The summed E-state index contributed by atoms with van der Waals surface area (Å²) in [5.41, 5.74) is 1.57. The minimum Gasteiger partial charge on any atom is -0.454 e.